The predicted octanol–water partition coefficient (Wildman–Crippen LogP) is 2.75. The van der Waals surface area contributed by atoms with Gasteiger partial charge in [-0.2, -0.15) is 5.10 Å². The van der Waals surface area contributed by atoms with Crippen molar-refractivity contribution in [3.63, 3.8) is 0 Å². The first-order chi connectivity index (χ1) is 17.4. The van der Waals surface area contributed by atoms with Gasteiger partial charge in [0.15, 0.2) is 18.1 Å². The number of aromatic amines is 1. The molecule has 2 N–H and O–H groups in total. The number of amides is 1. The Kier molecular flexibility index (Phi) is 7.10. The van der Waals surface area contributed by atoms with Crippen LogP contribution < -0.4 is 30.8 Å². The van der Waals surface area contributed by atoms with Crippen LogP contribution >= 0.6 is 0 Å². The molecule has 0 radical (unpaired) electrons. The highest BCUT2D eigenvalue weighted by molar-refractivity contribution is 5.92. The van der Waals surface area contributed by atoms with Crippen molar-refractivity contribution < 1.29 is 23.4 Å². The lowest BCUT2D eigenvalue weighted by molar-refractivity contribution is -0.118. The standard InChI is InChI=1S/C25H21FN4O6/c1-34-20-11-15(13-27-30-24(32)18-5-3-4-6-19(18)29-25(30)33)12-21(35-2)23(20)36-14-22(31)28-17-9-7-16(26)8-10-17/h3-13H,14H2,1-2H3,(H,28,31)(H,29,33). The van der Waals surface area contributed by atoms with Crippen molar-refractivity contribution in [2.75, 3.05) is 26.1 Å². The van der Waals surface area contributed by atoms with Crippen LogP contribution in [0.5, 0.6) is 17.2 Å². The van der Waals surface area contributed by atoms with E-state index in [-0.39, 0.29) is 23.9 Å². The van der Waals surface area contributed by atoms with Crippen molar-refractivity contribution in [1.29, 1.82) is 0 Å². The van der Waals surface area contributed by atoms with Crippen LogP contribution in [0.15, 0.2) is 75.4 Å². The van der Waals surface area contributed by atoms with Gasteiger partial charge in [0.05, 0.1) is 31.3 Å². The summed E-state index contributed by atoms with van der Waals surface area (Å²) < 4.78 is 30.1. The average Bonchev–Trinajstić information content (AvgIpc) is 2.88. The van der Waals surface area contributed by atoms with E-state index in [1.54, 1.807) is 36.4 Å². The van der Waals surface area contributed by atoms with Crippen LogP contribution in [0.1, 0.15) is 5.56 Å². The van der Waals surface area contributed by atoms with Crippen LogP contribution in [0.3, 0.4) is 0 Å². The minimum absolute atomic E-state index is 0.159. The minimum Gasteiger partial charge on any atom is -0.493 e. The second-order valence-electron chi connectivity index (χ2n) is 7.44. The Morgan fingerprint density at radius 3 is 2.39 bits per heavy atom. The van der Waals surface area contributed by atoms with Gasteiger partial charge in [0.2, 0.25) is 5.75 Å². The fraction of sp³-hybridized carbons (Fsp3) is 0.120. The highest BCUT2D eigenvalue weighted by atomic mass is 19.1. The number of methoxy groups -OCH3 is 2. The maximum atomic E-state index is 13.0. The molecule has 11 heteroatoms. The van der Waals surface area contributed by atoms with Crippen LogP contribution in [0, 0.1) is 5.82 Å². The summed E-state index contributed by atoms with van der Waals surface area (Å²) >= 11 is 0. The Morgan fingerprint density at radius 2 is 1.72 bits per heavy atom. The number of rotatable bonds is 8. The third-order valence-electron chi connectivity index (χ3n) is 5.06. The molecule has 0 aliphatic rings. The Balaban J connectivity index is 1.56. The summed E-state index contributed by atoms with van der Waals surface area (Å²) in [5.74, 6) is -0.286. The first kappa shape index (κ1) is 24.2. The predicted molar refractivity (Wildman–Crippen MR) is 132 cm³/mol. The van der Waals surface area contributed by atoms with Crippen molar-refractivity contribution >= 4 is 28.7 Å². The molecule has 0 spiro atoms. The minimum atomic E-state index is -0.694. The highest BCUT2D eigenvalue weighted by Crippen LogP contribution is 2.38. The third-order valence-corrected chi connectivity index (χ3v) is 5.06. The number of aromatic nitrogens is 2. The molecule has 0 aliphatic heterocycles. The largest absolute Gasteiger partial charge is 0.493 e. The molecule has 10 nitrogen and oxygen atoms in total. The number of fused-ring (bicyclic) bond motifs is 1. The molecule has 0 aliphatic carbocycles. The number of para-hydroxylation sites is 1. The van der Waals surface area contributed by atoms with Crippen molar-refractivity contribution in [2.24, 2.45) is 5.10 Å². The Morgan fingerprint density at radius 1 is 1.06 bits per heavy atom. The first-order valence-electron chi connectivity index (χ1n) is 10.6. The van der Waals surface area contributed by atoms with Crippen LogP contribution in [0.25, 0.3) is 10.9 Å². The fourth-order valence-corrected chi connectivity index (χ4v) is 3.37. The molecule has 0 saturated carbocycles. The molecule has 1 heterocycles. The van der Waals surface area contributed by atoms with Crippen LogP contribution in [0.4, 0.5) is 10.1 Å². The van der Waals surface area contributed by atoms with Crippen molar-refractivity contribution in [3.05, 3.63) is 92.9 Å². The number of nitrogens with one attached hydrogen (secondary N) is 2. The Hall–Kier alpha value is -4.93. The molecule has 0 atom stereocenters. The second-order valence-corrected chi connectivity index (χ2v) is 7.44. The number of H-pyrrole nitrogens is 1. The van der Waals surface area contributed by atoms with Crippen molar-refractivity contribution in [3.8, 4) is 17.2 Å². The lowest BCUT2D eigenvalue weighted by Crippen LogP contribution is -2.32. The summed E-state index contributed by atoms with van der Waals surface area (Å²) in [7, 11) is 2.80. The molecule has 3 aromatic carbocycles. The highest BCUT2D eigenvalue weighted by Gasteiger charge is 2.16. The van der Waals surface area contributed by atoms with Gasteiger partial charge in [-0.3, -0.25) is 9.59 Å². The average molecular weight is 492 g/mol. The molecular formula is C25H21FN4O6. The molecule has 36 heavy (non-hydrogen) atoms. The lowest BCUT2D eigenvalue weighted by atomic mass is 10.2. The Bertz CT molecular complexity index is 1530. The van der Waals surface area contributed by atoms with Gasteiger partial charge >= 0.3 is 5.69 Å². The molecule has 0 unspecified atom stereocenters. The van der Waals surface area contributed by atoms with E-state index in [4.69, 9.17) is 14.2 Å². The summed E-state index contributed by atoms with van der Waals surface area (Å²) in [6, 6.07) is 15.0. The monoisotopic (exact) mass is 492 g/mol. The van der Waals surface area contributed by atoms with Gasteiger partial charge < -0.3 is 24.5 Å². The summed E-state index contributed by atoms with van der Waals surface area (Å²) in [5.41, 5.74) is -0.00871. The van der Waals surface area contributed by atoms with E-state index in [2.05, 4.69) is 15.4 Å². The summed E-state index contributed by atoms with van der Waals surface area (Å²) in [5, 5.41) is 6.93. The number of carbonyl (C=O) groups excluding carboxylic acids is 1. The molecule has 184 valence electrons. The zero-order valence-corrected chi connectivity index (χ0v) is 19.3. The van der Waals surface area contributed by atoms with E-state index in [0.717, 1.165) is 0 Å². The number of benzene rings is 3. The Labute approximate surface area is 203 Å². The van der Waals surface area contributed by atoms with Gasteiger partial charge in [-0.05, 0) is 48.5 Å². The maximum Gasteiger partial charge on any atom is 0.349 e. The zero-order valence-electron chi connectivity index (χ0n) is 19.3. The molecule has 1 aromatic heterocycles. The number of carbonyl (C=O) groups is 1. The van der Waals surface area contributed by atoms with Gasteiger partial charge in [0.25, 0.3) is 11.5 Å². The quantitative estimate of drug-likeness (QED) is 0.365. The van der Waals surface area contributed by atoms with Gasteiger partial charge in [-0.15, -0.1) is 4.68 Å². The van der Waals surface area contributed by atoms with Crippen LogP contribution in [-0.2, 0) is 4.79 Å². The van der Waals surface area contributed by atoms with Crippen molar-refractivity contribution in [1.82, 2.24) is 9.66 Å². The van der Waals surface area contributed by atoms with E-state index >= 15 is 0 Å². The molecular weight excluding hydrogens is 471 g/mol. The van der Waals surface area contributed by atoms with E-state index < -0.39 is 23.0 Å². The number of halogens is 1. The molecule has 1 amide bonds. The summed E-state index contributed by atoms with van der Waals surface area (Å²) in [6.07, 6.45) is 1.29. The smallest absolute Gasteiger partial charge is 0.349 e. The fourth-order valence-electron chi connectivity index (χ4n) is 3.37. The molecule has 0 fully saturated rings. The van der Waals surface area contributed by atoms with Crippen LogP contribution in [-0.4, -0.2) is 42.6 Å². The third kappa shape index (κ3) is 5.25. The number of hydrogen-bond donors (Lipinski definition) is 2. The number of ether oxygens (including phenoxy) is 3. The molecule has 0 bridgehead atoms. The lowest BCUT2D eigenvalue weighted by Gasteiger charge is -2.15. The number of hydrogen-bond acceptors (Lipinski definition) is 7. The van der Waals surface area contributed by atoms with Gasteiger partial charge in [0.1, 0.15) is 5.82 Å². The van der Waals surface area contributed by atoms with Gasteiger partial charge in [0, 0.05) is 11.3 Å². The second kappa shape index (κ2) is 10.6. The number of nitrogens with zero attached hydrogens (tertiary/aromatic N) is 2. The maximum absolute atomic E-state index is 13.0. The van der Waals surface area contributed by atoms with Gasteiger partial charge in [-0.1, -0.05) is 12.1 Å². The first-order valence-corrected chi connectivity index (χ1v) is 10.6. The number of anilines is 1. The molecule has 0 saturated heterocycles. The van der Waals surface area contributed by atoms with Crippen LogP contribution in [0.2, 0.25) is 0 Å². The van der Waals surface area contributed by atoms with Crippen molar-refractivity contribution in [2.45, 2.75) is 0 Å². The van der Waals surface area contributed by atoms with Gasteiger partial charge in [-0.25, -0.2) is 9.18 Å². The molecule has 4 aromatic rings. The summed E-state index contributed by atoms with van der Waals surface area (Å²) in [6.45, 7) is -0.376. The SMILES string of the molecule is COc1cc(C=Nn2c(=O)[nH]c3ccccc3c2=O)cc(OC)c1OCC(=O)Nc1ccc(F)cc1. The van der Waals surface area contributed by atoms with E-state index in [0.29, 0.717) is 26.8 Å². The zero-order chi connectivity index (χ0) is 25.7. The molecule has 4 rings (SSSR count). The normalized spacial score (nSPS) is 11.0. The topological polar surface area (TPSA) is 124 Å². The van der Waals surface area contributed by atoms with E-state index in [1.807, 2.05) is 0 Å². The summed E-state index contributed by atoms with van der Waals surface area (Å²) in [4.78, 5) is 39.9. The van der Waals surface area contributed by atoms with E-state index in [9.17, 15) is 18.8 Å². The van der Waals surface area contributed by atoms with E-state index in [1.165, 1.54) is 44.7 Å².